The summed E-state index contributed by atoms with van der Waals surface area (Å²) in [5, 5.41) is 16.5. The Labute approximate surface area is 177 Å². The van der Waals surface area contributed by atoms with Crippen LogP contribution in [0.4, 0.5) is 0 Å². The lowest BCUT2D eigenvalue weighted by atomic mass is 9.97. The van der Waals surface area contributed by atoms with Gasteiger partial charge in [0, 0.05) is 5.75 Å². The van der Waals surface area contributed by atoms with E-state index in [4.69, 9.17) is 16.6 Å². The fourth-order valence-electron chi connectivity index (χ4n) is 2.43. The third-order valence-corrected chi connectivity index (χ3v) is 5.01. The lowest BCUT2D eigenvalue weighted by molar-refractivity contribution is -0.142. The summed E-state index contributed by atoms with van der Waals surface area (Å²) in [5.74, 6) is -3.11. The number of hydrogen-bond donors (Lipinski definition) is 7. The fraction of sp³-hybridized carbons (Fsp3) is 0.778. The van der Waals surface area contributed by atoms with Crippen LogP contribution in [-0.4, -0.2) is 65.3 Å². The summed E-state index contributed by atoms with van der Waals surface area (Å²) >= 11 is 4.10. The maximum absolute atomic E-state index is 12.6. The van der Waals surface area contributed by atoms with Crippen LogP contribution in [0.15, 0.2) is 0 Å². The lowest BCUT2D eigenvalue weighted by Gasteiger charge is -2.27. The predicted octanol–water partition coefficient (Wildman–Crippen LogP) is -1.02. The summed E-state index contributed by atoms with van der Waals surface area (Å²) in [7, 11) is 0. The van der Waals surface area contributed by atoms with Gasteiger partial charge in [0.05, 0.1) is 6.04 Å². The molecule has 0 aromatic rings. The quantitative estimate of drug-likeness (QED) is 0.135. The predicted molar refractivity (Wildman–Crippen MR) is 113 cm³/mol. The van der Waals surface area contributed by atoms with E-state index in [1.807, 2.05) is 6.92 Å². The maximum atomic E-state index is 12.6. The molecule has 0 aliphatic rings. The van der Waals surface area contributed by atoms with Crippen LogP contribution in [0.25, 0.3) is 0 Å². The molecule has 0 radical (unpaired) electrons. The Morgan fingerprint density at radius 1 is 1.00 bits per heavy atom. The highest BCUT2D eigenvalue weighted by atomic mass is 32.1. The van der Waals surface area contributed by atoms with Gasteiger partial charge in [-0.05, 0) is 32.2 Å². The van der Waals surface area contributed by atoms with Crippen molar-refractivity contribution in [3.63, 3.8) is 0 Å². The number of amides is 3. The van der Waals surface area contributed by atoms with E-state index in [1.54, 1.807) is 6.92 Å². The van der Waals surface area contributed by atoms with Crippen LogP contribution in [0, 0.1) is 5.92 Å². The van der Waals surface area contributed by atoms with Crippen molar-refractivity contribution in [3.8, 4) is 0 Å². The first-order valence-electron chi connectivity index (χ1n) is 9.79. The molecule has 0 saturated carbocycles. The summed E-state index contributed by atoms with van der Waals surface area (Å²) in [6.07, 6.45) is 2.46. The standard InChI is InChI=1S/C18H35N5O5S/c1-4-10(2)14(17(26)21-11(3)18(27)28)23-16(25)13(9-29)22-15(24)12(20)7-5-6-8-19/h10-14,29H,4-9,19-20H2,1-3H3,(H,21,26)(H,22,24)(H,23,25)(H,27,28). The third-order valence-electron chi connectivity index (χ3n) is 4.64. The van der Waals surface area contributed by atoms with Gasteiger partial charge in [0.2, 0.25) is 17.7 Å². The van der Waals surface area contributed by atoms with E-state index in [0.717, 1.165) is 6.42 Å². The number of rotatable bonds is 14. The van der Waals surface area contributed by atoms with Gasteiger partial charge in [0.25, 0.3) is 0 Å². The molecule has 0 heterocycles. The van der Waals surface area contributed by atoms with E-state index < -0.39 is 47.9 Å². The van der Waals surface area contributed by atoms with Crippen LogP contribution >= 0.6 is 12.6 Å². The molecule has 0 fully saturated rings. The Hall–Kier alpha value is -1.85. The van der Waals surface area contributed by atoms with Crippen molar-refractivity contribution >= 4 is 36.3 Å². The second-order valence-corrected chi connectivity index (χ2v) is 7.44. The minimum Gasteiger partial charge on any atom is -0.480 e. The average Bonchev–Trinajstić information content (AvgIpc) is 2.68. The van der Waals surface area contributed by atoms with Crippen molar-refractivity contribution in [1.82, 2.24) is 16.0 Å². The largest absolute Gasteiger partial charge is 0.480 e. The van der Waals surface area contributed by atoms with Crippen LogP contribution in [-0.2, 0) is 19.2 Å². The number of carboxylic acid groups (broad SMARTS) is 1. The number of nitrogens with two attached hydrogens (primary N) is 2. The summed E-state index contributed by atoms with van der Waals surface area (Å²) < 4.78 is 0. The molecular weight excluding hydrogens is 398 g/mol. The van der Waals surface area contributed by atoms with E-state index in [0.29, 0.717) is 25.8 Å². The van der Waals surface area contributed by atoms with E-state index >= 15 is 0 Å². The molecule has 168 valence electrons. The minimum absolute atomic E-state index is 0.00741. The number of aliphatic carboxylic acids is 1. The Balaban J connectivity index is 5.03. The Bertz CT molecular complexity index is 563. The van der Waals surface area contributed by atoms with Gasteiger partial charge >= 0.3 is 5.97 Å². The highest BCUT2D eigenvalue weighted by Gasteiger charge is 2.31. The molecule has 0 rings (SSSR count). The maximum Gasteiger partial charge on any atom is 0.325 e. The molecular formula is C18H35N5O5S. The molecule has 0 spiro atoms. The normalized spacial score (nSPS) is 16.1. The molecule has 0 saturated heterocycles. The van der Waals surface area contributed by atoms with Crippen molar-refractivity contribution in [3.05, 3.63) is 0 Å². The zero-order valence-corrected chi connectivity index (χ0v) is 18.2. The number of unbranched alkanes of at least 4 members (excludes halogenated alkanes) is 1. The van der Waals surface area contributed by atoms with Gasteiger partial charge in [0.15, 0.2) is 0 Å². The van der Waals surface area contributed by atoms with Gasteiger partial charge < -0.3 is 32.5 Å². The minimum atomic E-state index is -1.18. The van der Waals surface area contributed by atoms with Crippen molar-refractivity contribution in [2.75, 3.05) is 12.3 Å². The smallest absolute Gasteiger partial charge is 0.325 e. The van der Waals surface area contributed by atoms with Gasteiger partial charge in [-0.1, -0.05) is 26.7 Å². The van der Waals surface area contributed by atoms with Crippen LogP contribution in [0.3, 0.4) is 0 Å². The van der Waals surface area contributed by atoms with Crippen LogP contribution < -0.4 is 27.4 Å². The van der Waals surface area contributed by atoms with Crippen LogP contribution in [0.1, 0.15) is 46.5 Å². The third kappa shape index (κ3) is 9.95. The number of carbonyl (C=O) groups is 4. The number of carbonyl (C=O) groups excluding carboxylic acids is 3. The van der Waals surface area contributed by atoms with E-state index in [2.05, 4.69) is 28.6 Å². The lowest BCUT2D eigenvalue weighted by Crippen LogP contribution is -2.58. The second kappa shape index (κ2) is 14.2. The van der Waals surface area contributed by atoms with E-state index in [1.165, 1.54) is 6.92 Å². The van der Waals surface area contributed by atoms with Gasteiger partial charge in [-0.2, -0.15) is 12.6 Å². The van der Waals surface area contributed by atoms with Crippen LogP contribution in [0.2, 0.25) is 0 Å². The molecule has 29 heavy (non-hydrogen) atoms. The molecule has 0 aliphatic carbocycles. The van der Waals surface area contributed by atoms with Crippen molar-refractivity contribution in [2.45, 2.75) is 70.6 Å². The highest BCUT2D eigenvalue weighted by molar-refractivity contribution is 7.80. The number of hydrogen-bond acceptors (Lipinski definition) is 7. The topological polar surface area (TPSA) is 177 Å². The van der Waals surface area contributed by atoms with Gasteiger partial charge in [-0.25, -0.2) is 0 Å². The molecule has 0 aromatic carbocycles. The molecule has 0 aromatic heterocycles. The Kier molecular flexibility index (Phi) is 13.3. The number of thiol groups is 1. The molecule has 5 atom stereocenters. The van der Waals surface area contributed by atoms with Gasteiger partial charge in [0.1, 0.15) is 18.1 Å². The first-order valence-corrected chi connectivity index (χ1v) is 10.4. The van der Waals surface area contributed by atoms with Crippen LogP contribution in [0.5, 0.6) is 0 Å². The number of nitrogens with one attached hydrogen (secondary N) is 3. The molecule has 5 unspecified atom stereocenters. The molecule has 10 nitrogen and oxygen atoms in total. The van der Waals surface area contributed by atoms with Gasteiger partial charge in [-0.15, -0.1) is 0 Å². The molecule has 3 amide bonds. The molecule has 0 bridgehead atoms. The number of carboxylic acids is 1. The first-order chi connectivity index (χ1) is 13.6. The average molecular weight is 434 g/mol. The SMILES string of the molecule is CCC(C)C(NC(=O)C(CS)NC(=O)C(N)CCCCN)C(=O)NC(C)C(=O)O. The first kappa shape index (κ1) is 27.1. The Morgan fingerprint density at radius 3 is 2.10 bits per heavy atom. The van der Waals surface area contributed by atoms with E-state index in [9.17, 15) is 19.2 Å². The monoisotopic (exact) mass is 433 g/mol. The summed E-state index contributed by atoms with van der Waals surface area (Å²) in [6.45, 7) is 5.45. The van der Waals surface area contributed by atoms with Crippen molar-refractivity contribution < 1.29 is 24.3 Å². The Morgan fingerprint density at radius 2 is 1.62 bits per heavy atom. The second-order valence-electron chi connectivity index (χ2n) is 7.08. The summed E-state index contributed by atoms with van der Waals surface area (Å²) in [4.78, 5) is 48.3. The molecule has 0 aliphatic heterocycles. The summed E-state index contributed by atoms with van der Waals surface area (Å²) in [6, 6.07) is -3.81. The molecule has 8 N–H and O–H groups in total. The van der Waals surface area contributed by atoms with Gasteiger partial charge in [-0.3, -0.25) is 19.2 Å². The summed E-state index contributed by atoms with van der Waals surface area (Å²) in [5.41, 5.74) is 11.3. The zero-order valence-electron chi connectivity index (χ0n) is 17.3. The van der Waals surface area contributed by atoms with Crippen molar-refractivity contribution in [2.24, 2.45) is 17.4 Å². The van der Waals surface area contributed by atoms with E-state index in [-0.39, 0.29) is 11.7 Å². The fourth-order valence-corrected chi connectivity index (χ4v) is 2.69. The highest BCUT2D eigenvalue weighted by Crippen LogP contribution is 2.09. The van der Waals surface area contributed by atoms with Crippen molar-refractivity contribution in [1.29, 1.82) is 0 Å². The zero-order chi connectivity index (χ0) is 22.6. The molecule has 11 heteroatoms.